The average molecular weight is 375 g/mol. The van der Waals surface area contributed by atoms with Crippen molar-refractivity contribution in [1.29, 1.82) is 0 Å². The highest BCUT2D eigenvalue weighted by Crippen LogP contribution is 2.28. The summed E-state index contributed by atoms with van der Waals surface area (Å²) < 4.78 is 11.2. The first-order valence-corrected chi connectivity index (χ1v) is 8.63. The van der Waals surface area contributed by atoms with Gasteiger partial charge in [0.05, 0.1) is 23.1 Å². The Morgan fingerprint density at radius 3 is 2.57 bits per heavy atom. The lowest BCUT2D eigenvalue weighted by atomic mass is 10.1. The van der Waals surface area contributed by atoms with E-state index in [1.54, 1.807) is 19.2 Å². The molecule has 4 rings (SSSR count). The maximum absolute atomic E-state index is 10.8. The number of hydrogen-bond acceptors (Lipinski definition) is 5. The number of nitro groups is 1. The monoisotopic (exact) mass is 375 g/mol. The zero-order valence-electron chi connectivity index (χ0n) is 15.1. The van der Waals surface area contributed by atoms with E-state index in [1.165, 1.54) is 12.1 Å². The molecule has 7 heteroatoms. The van der Waals surface area contributed by atoms with E-state index in [9.17, 15) is 10.1 Å². The lowest BCUT2D eigenvalue weighted by Gasteiger charge is -2.11. The second-order valence-corrected chi connectivity index (χ2v) is 6.17. The van der Waals surface area contributed by atoms with Gasteiger partial charge in [-0.2, -0.15) is 0 Å². The minimum Gasteiger partial charge on any atom is -0.496 e. The Balaban J connectivity index is 1.59. The number of imidazole rings is 1. The Morgan fingerprint density at radius 2 is 1.86 bits per heavy atom. The van der Waals surface area contributed by atoms with Crippen LogP contribution in [0.25, 0.3) is 22.4 Å². The molecular weight excluding hydrogens is 358 g/mol. The third-order valence-corrected chi connectivity index (χ3v) is 4.39. The fourth-order valence-corrected chi connectivity index (χ4v) is 2.95. The molecule has 3 aromatic carbocycles. The predicted molar refractivity (Wildman–Crippen MR) is 106 cm³/mol. The topological polar surface area (TPSA) is 90.3 Å². The summed E-state index contributed by atoms with van der Waals surface area (Å²) in [5.74, 6) is 2.00. The zero-order chi connectivity index (χ0) is 19.5. The van der Waals surface area contributed by atoms with Gasteiger partial charge in [-0.1, -0.05) is 12.1 Å². The van der Waals surface area contributed by atoms with Crippen LogP contribution in [0, 0.1) is 10.1 Å². The molecule has 0 aliphatic carbocycles. The molecule has 1 aromatic heterocycles. The first-order chi connectivity index (χ1) is 13.6. The molecule has 0 saturated carbocycles. The summed E-state index contributed by atoms with van der Waals surface area (Å²) in [6.07, 6.45) is 0. The van der Waals surface area contributed by atoms with Gasteiger partial charge in [0.25, 0.3) is 5.69 Å². The highest BCUT2D eigenvalue weighted by atomic mass is 16.6. The number of aromatic nitrogens is 2. The average Bonchev–Trinajstić information content (AvgIpc) is 3.16. The zero-order valence-corrected chi connectivity index (χ0v) is 15.1. The SMILES string of the molecule is COc1ccc(-c2nc3ccccc3[nH]2)cc1COc1ccc([N+](=O)[O-])cc1. The summed E-state index contributed by atoms with van der Waals surface area (Å²) in [6.45, 7) is 0.259. The van der Waals surface area contributed by atoms with Crippen molar-refractivity contribution in [3.8, 4) is 22.9 Å². The highest BCUT2D eigenvalue weighted by Gasteiger charge is 2.11. The fourth-order valence-electron chi connectivity index (χ4n) is 2.95. The van der Waals surface area contributed by atoms with Crippen LogP contribution in [-0.4, -0.2) is 22.0 Å². The quantitative estimate of drug-likeness (QED) is 0.389. The minimum atomic E-state index is -0.441. The van der Waals surface area contributed by atoms with E-state index in [4.69, 9.17) is 9.47 Å². The van der Waals surface area contributed by atoms with Crippen LogP contribution in [0.5, 0.6) is 11.5 Å². The number of non-ortho nitro benzene ring substituents is 1. The van der Waals surface area contributed by atoms with Crippen LogP contribution in [0.1, 0.15) is 5.56 Å². The standard InChI is InChI=1S/C21H17N3O4/c1-27-20-11-6-14(21-22-18-4-2-3-5-19(18)23-21)12-15(20)13-28-17-9-7-16(8-10-17)24(25)26/h2-12H,13H2,1H3,(H,22,23). The second kappa shape index (κ2) is 7.40. The Bertz CT molecular complexity index is 1100. The van der Waals surface area contributed by atoms with Gasteiger partial charge in [0.2, 0.25) is 0 Å². The molecule has 0 amide bonds. The van der Waals surface area contributed by atoms with Crippen LogP contribution in [0.4, 0.5) is 5.69 Å². The first kappa shape index (κ1) is 17.5. The van der Waals surface area contributed by atoms with Crippen molar-refractivity contribution < 1.29 is 14.4 Å². The van der Waals surface area contributed by atoms with Crippen LogP contribution >= 0.6 is 0 Å². The maximum Gasteiger partial charge on any atom is 0.269 e. The molecule has 0 unspecified atom stereocenters. The molecular formula is C21H17N3O4. The van der Waals surface area contributed by atoms with Crippen molar-refractivity contribution >= 4 is 16.7 Å². The number of hydrogen-bond donors (Lipinski definition) is 1. The molecule has 4 aromatic rings. The van der Waals surface area contributed by atoms with Crippen molar-refractivity contribution in [3.63, 3.8) is 0 Å². The molecule has 1 N–H and O–H groups in total. The van der Waals surface area contributed by atoms with Crippen LogP contribution in [0.15, 0.2) is 66.7 Å². The van der Waals surface area contributed by atoms with Crippen LogP contribution in [0.2, 0.25) is 0 Å². The summed E-state index contributed by atoms with van der Waals surface area (Å²) in [7, 11) is 1.60. The van der Waals surface area contributed by atoms with Crippen molar-refractivity contribution in [2.24, 2.45) is 0 Å². The third kappa shape index (κ3) is 3.50. The number of methoxy groups -OCH3 is 1. The summed E-state index contributed by atoms with van der Waals surface area (Å²) in [4.78, 5) is 18.2. The second-order valence-electron chi connectivity index (χ2n) is 6.17. The normalized spacial score (nSPS) is 10.8. The smallest absolute Gasteiger partial charge is 0.269 e. The molecule has 0 saturated heterocycles. The van der Waals surface area contributed by atoms with Gasteiger partial charge < -0.3 is 14.5 Å². The number of nitrogens with zero attached hydrogens (tertiary/aromatic N) is 2. The van der Waals surface area contributed by atoms with Crippen molar-refractivity contribution in [2.45, 2.75) is 6.61 Å². The van der Waals surface area contributed by atoms with Gasteiger partial charge in [0.1, 0.15) is 23.9 Å². The van der Waals surface area contributed by atoms with Gasteiger partial charge in [0.15, 0.2) is 0 Å². The number of nitrogens with one attached hydrogen (secondary N) is 1. The van der Waals surface area contributed by atoms with E-state index in [0.29, 0.717) is 11.5 Å². The molecule has 0 radical (unpaired) electrons. The molecule has 0 aliphatic rings. The van der Waals surface area contributed by atoms with Crippen LogP contribution in [-0.2, 0) is 6.61 Å². The Morgan fingerprint density at radius 1 is 1.07 bits per heavy atom. The molecule has 28 heavy (non-hydrogen) atoms. The number of nitro benzene ring substituents is 1. The first-order valence-electron chi connectivity index (χ1n) is 8.63. The predicted octanol–water partition coefficient (Wildman–Crippen LogP) is 4.73. The van der Waals surface area contributed by atoms with Gasteiger partial charge in [-0.15, -0.1) is 0 Å². The van der Waals surface area contributed by atoms with Gasteiger partial charge in [0, 0.05) is 23.3 Å². The van der Waals surface area contributed by atoms with Crippen molar-refractivity contribution in [3.05, 3.63) is 82.4 Å². The van der Waals surface area contributed by atoms with Crippen molar-refractivity contribution in [2.75, 3.05) is 7.11 Å². The number of aromatic amines is 1. The minimum absolute atomic E-state index is 0.0248. The summed E-state index contributed by atoms with van der Waals surface area (Å²) >= 11 is 0. The molecule has 140 valence electrons. The molecule has 0 fully saturated rings. The molecule has 0 bridgehead atoms. The number of benzene rings is 3. The van der Waals surface area contributed by atoms with E-state index in [2.05, 4.69) is 9.97 Å². The van der Waals surface area contributed by atoms with E-state index in [0.717, 1.165) is 28.0 Å². The van der Waals surface area contributed by atoms with Crippen LogP contribution in [0.3, 0.4) is 0 Å². The molecule has 0 atom stereocenters. The maximum atomic E-state index is 10.8. The van der Waals surface area contributed by atoms with Gasteiger partial charge in [-0.3, -0.25) is 10.1 Å². The number of para-hydroxylation sites is 2. The summed E-state index contributed by atoms with van der Waals surface area (Å²) in [5, 5.41) is 10.8. The Kier molecular flexibility index (Phi) is 4.63. The lowest BCUT2D eigenvalue weighted by Crippen LogP contribution is -2.00. The Hall–Kier alpha value is -3.87. The third-order valence-electron chi connectivity index (χ3n) is 4.39. The summed E-state index contributed by atoms with van der Waals surface area (Å²) in [6, 6.07) is 19.6. The molecule has 0 spiro atoms. The van der Waals surface area contributed by atoms with Crippen molar-refractivity contribution in [1.82, 2.24) is 9.97 Å². The molecule has 7 nitrogen and oxygen atoms in total. The van der Waals surface area contributed by atoms with Gasteiger partial charge >= 0.3 is 0 Å². The largest absolute Gasteiger partial charge is 0.496 e. The van der Waals surface area contributed by atoms with E-state index in [1.807, 2.05) is 42.5 Å². The van der Waals surface area contributed by atoms with Crippen LogP contribution < -0.4 is 9.47 Å². The van der Waals surface area contributed by atoms with E-state index < -0.39 is 4.92 Å². The number of ether oxygens (including phenoxy) is 2. The van der Waals surface area contributed by atoms with E-state index >= 15 is 0 Å². The number of fused-ring (bicyclic) bond motifs is 1. The van der Waals surface area contributed by atoms with E-state index in [-0.39, 0.29) is 12.3 Å². The van der Waals surface area contributed by atoms with Gasteiger partial charge in [-0.05, 0) is 42.5 Å². The summed E-state index contributed by atoms with van der Waals surface area (Å²) in [5.41, 5.74) is 3.66. The number of H-pyrrole nitrogens is 1. The van der Waals surface area contributed by atoms with Gasteiger partial charge in [-0.25, -0.2) is 4.98 Å². The Labute approximate surface area is 160 Å². The highest BCUT2D eigenvalue weighted by molar-refractivity contribution is 5.79. The fraction of sp³-hybridized carbons (Fsp3) is 0.0952. The molecule has 1 heterocycles. The number of rotatable bonds is 6. The lowest BCUT2D eigenvalue weighted by molar-refractivity contribution is -0.384. The molecule has 0 aliphatic heterocycles.